The van der Waals surface area contributed by atoms with Crippen LogP contribution in [-0.4, -0.2) is 44.5 Å². The van der Waals surface area contributed by atoms with E-state index in [4.69, 9.17) is 14.2 Å². The number of rotatable bonds is 7. The molecule has 164 valence electrons. The fourth-order valence-corrected chi connectivity index (χ4v) is 4.93. The van der Waals surface area contributed by atoms with Gasteiger partial charge in [-0.15, -0.1) is 0 Å². The average molecular weight is 452 g/mol. The van der Waals surface area contributed by atoms with E-state index in [0.29, 0.717) is 17.0 Å². The zero-order valence-corrected chi connectivity index (χ0v) is 18.4. The van der Waals surface area contributed by atoms with E-state index >= 15 is 0 Å². The van der Waals surface area contributed by atoms with Crippen molar-refractivity contribution in [3.05, 3.63) is 78.1 Å². The third kappa shape index (κ3) is 3.56. The Morgan fingerprint density at radius 3 is 2.31 bits per heavy atom. The van der Waals surface area contributed by atoms with Crippen LogP contribution in [0.1, 0.15) is 16.1 Å². The van der Waals surface area contributed by atoms with Gasteiger partial charge in [0.25, 0.3) is 10.0 Å². The minimum Gasteiger partial charge on any atom is -0.497 e. The first kappa shape index (κ1) is 21.4. The van der Waals surface area contributed by atoms with Crippen molar-refractivity contribution >= 4 is 26.7 Å². The van der Waals surface area contributed by atoms with Gasteiger partial charge in [0, 0.05) is 17.5 Å². The molecule has 0 saturated heterocycles. The SMILES string of the molecule is COc1ccc(C(=O)c2cc3cc(OC)ncc3n2S(=O)(=O)c2ccccc2)c(OC)c1. The van der Waals surface area contributed by atoms with Crippen LogP contribution in [0.25, 0.3) is 10.9 Å². The second-order valence-electron chi connectivity index (χ2n) is 6.79. The molecule has 4 aromatic rings. The molecule has 0 unspecified atom stereocenters. The molecule has 4 rings (SSSR count). The van der Waals surface area contributed by atoms with Gasteiger partial charge >= 0.3 is 0 Å². The van der Waals surface area contributed by atoms with Crippen LogP contribution in [0.5, 0.6) is 17.4 Å². The second kappa shape index (κ2) is 8.35. The predicted octanol–water partition coefficient (Wildman–Crippen LogP) is 3.53. The summed E-state index contributed by atoms with van der Waals surface area (Å²) in [6.07, 6.45) is 1.37. The van der Waals surface area contributed by atoms with Gasteiger partial charge in [0.1, 0.15) is 17.2 Å². The predicted molar refractivity (Wildman–Crippen MR) is 118 cm³/mol. The lowest BCUT2D eigenvalue weighted by atomic mass is 10.1. The van der Waals surface area contributed by atoms with Crippen molar-refractivity contribution in [3.63, 3.8) is 0 Å². The molecule has 0 spiro atoms. The van der Waals surface area contributed by atoms with Gasteiger partial charge in [-0.05, 0) is 30.3 Å². The summed E-state index contributed by atoms with van der Waals surface area (Å²) in [7, 11) is 0.278. The molecular weight excluding hydrogens is 432 g/mol. The van der Waals surface area contributed by atoms with E-state index in [2.05, 4.69) is 4.98 Å². The summed E-state index contributed by atoms with van der Waals surface area (Å²) in [6, 6.07) is 15.7. The molecule has 2 heterocycles. The van der Waals surface area contributed by atoms with Crippen molar-refractivity contribution in [2.24, 2.45) is 0 Å². The molecule has 0 fully saturated rings. The van der Waals surface area contributed by atoms with Crippen LogP contribution in [0.4, 0.5) is 0 Å². The standard InChI is InChI=1S/C23H20N2O6S/c1-29-16-9-10-18(21(13-16)30-2)23(26)19-11-15-12-22(31-3)24-14-20(15)25(19)32(27,28)17-7-5-4-6-8-17/h4-14H,1-3H3. The molecule has 0 atom stereocenters. The van der Waals surface area contributed by atoms with Gasteiger partial charge in [-0.25, -0.2) is 17.4 Å². The Morgan fingerprint density at radius 2 is 1.66 bits per heavy atom. The number of hydrogen-bond donors (Lipinski definition) is 0. The van der Waals surface area contributed by atoms with E-state index in [0.717, 1.165) is 3.97 Å². The van der Waals surface area contributed by atoms with Crippen molar-refractivity contribution in [1.82, 2.24) is 8.96 Å². The van der Waals surface area contributed by atoms with E-state index < -0.39 is 15.8 Å². The third-order valence-electron chi connectivity index (χ3n) is 5.00. The van der Waals surface area contributed by atoms with Gasteiger partial charge in [0.2, 0.25) is 11.7 Å². The van der Waals surface area contributed by atoms with E-state index in [1.807, 2.05) is 0 Å². The number of aromatic nitrogens is 2. The fourth-order valence-electron chi connectivity index (χ4n) is 3.41. The molecule has 0 saturated carbocycles. The molecule has 8 nitrogen and oxygen atoms in total. The summed E-state index contributed by atoms with van der Waals surface area (Å²) in [6.45, 7) is 0. The Hall–Kier alpha value is -3.85. The maximum absolute atomic E-state index is 13.6. The summed E-state index contributed by atoms with van der Waals surface area (Å²) < 4.78 is 43.9. The summed E-state index contributed by atoms with van der Waals surface area (Å²) in [5.41, 5.74) is 0.397. The molecule has 0 aliphatic heterocycles. The number of ether oxygens (including phenoxy) is 3. The molecule has 0 aliphatic rings. The number of methoxy groups -OCH3 is 3. The van der Waals surface area contributed by atoms with Crippen LogP contribution in [0.15, 0.2) is 71.8 Å². The van der Waals surface area contributed by atoms with E-state index in [1.165, 1.54) is 51.8 Å². The Labute approximate surface area is 185 Å². The van der Waals surface area contributed by atoms with Crippen LogP contribution in [0.2, 0.25) is 0 Å². The number of fused-ring (bicyclic) bond motifs is 1. The summed E-state index contributed by atoms with van der Waals surface area (Å²) in [5, 5.41) is 0.493. The zero-order chi connectivity index (χ0) is 22.9. The van der Waals surface area contributed by atoms with Crippen molar-refractivity contribution < 1.29 is 27.4 Å². The first-order valence-corrected chi connectivity index (χ1v) is 11.0. The summed E-state index contributed by atoms with van der Waals surface area (Å²) >= 11 is 0. The highest BCUT2D eigenvalue weighted by Crippen LogP contribution is 2.32. The normalized spacial score (nSPS) is 11.3. The van der Waals surface area contributed by atoms with E-state index in [9.17, 15) is 13.2 Å². The number of carbonyl (C=O) groups is 1. The first-order valence-electron chi connectivity index (χ1n) is 9.53. The highest BCUT2D eigenvalue weighted by molar-refractivity contribution is 7.90. The van der Waals surface area contributed by atoms with Crippen LogP contribution in [0.3, 0.4) is 0 Å². The molecule has 9 heteroatoms. The van der Waals surface area contributed by atoms with Gasteiger partial charge in [0.15, 0.2) is 0 Å². The Bertz CT molecular complexity index is 1410. The number of carbonyl (C=O) groups excluding carboxylic acids is 1. The number of ketones is 1. The van der Waals surface area contributed by atoms with Gasteiger partial charge in [0.05, 0.1) is 43.5 Å². The van der Waals surface area contributed by atoms with Crippen LogP contribution in [-0.2, 0) is 10.0 Å². The lowest BCUT2D eigenvalue weighted by Crippen LogP contribution is -2.19. The molecule has 32 heavy (non-hydrogen) atoms. The van der Waals surface area contributed by atoms with Crippen molar-refractivity contribution in [1.29, 1.82) is 0 Å². The van der Waals surface area contributed by atoms with Crippen LogP contribution in [0, 0.1) is 0 Å². The Morgan fingerprint density at radius 1 is 0.906 bits per heavy atom. The molecule has 2 aromatic heterocycles. The van der Waals surface area contributed by atoms with E-state index in [1.54, 1.807) is 36.4 Å². The number of pyridine rings is 1. The second-order valence-corrected chi connectivity index (χ2v) is 8.58. The largest absolute Gasteiger partial charge is 0.497 e. The summed E-state index contributed by atoms with van der Waals surface area (Å²) in [4.78, 5) is 17.8. The fraction of sp³-hybridized carbons (Fsp3) is 0.130. The Balaban J connectivity index is 1.99. The topological polar surface area (TPSA) is 96.7 Å². The van der Waals surface area contributed by atoms with Crippen molar-refractivity contribution in [3.8, 4) is 17.4 Å². The smallest absolute Gasteiger partial charge is 0.268 e. The molecular formula is C23H20N2O6S. The molecule has 0 radical (unpaired) electrons. The van der Waals surface area contributed by atoms with Gasteiger partial charge in [-0.1, -0.05) is 18.2 Å². The molecule has 0 amide bonds. The minimum atomic E-state index is -4.11. The Kier molecular flexibility index (Phi) is 5.58. The highest BCUT2D eigenvalue weighted by Gasteiger charge is 2.28. The minimum absolute atomic E-state index is 0.0454. The number of hydrogen-bond acceptors (Lipinski definition) is 7. The third-order valence-corrected chi connectivity index (χ3v) is 6.74. The quantitative estimate of drug-likeness (QED) is 0.396. The highest BCUT2D eigenvalue weighted by atomic mass is 32.2. The average Bonchev–Trinajstić information content (AvgIpc) is 3.23. The monoisotopic (exact) mass is 452 g/mol. The number of nitrogens with zero attached hydrogens (tertiary/aromatic N) is 2. The van der Waals surface area contributed by atoms with Gasteiger partial charge < -0.3 is 14.2 Å². The van der Waals surface area contributed by atoms with Gasteiger partial charge in [-0.2, -0.15) is 0 Å². The van der Waals surface area contributed by atoms with Crippen molar-refractivity contribution in [2.75, 3.05) is 21.3 Å². The van der Waals surface area contributed by atoms with Crippen molar-refractivity contribution in [2.45, 2.75) is 4.90 Å². The van der Waals surface area contributed by atoms with E-state index in [-0.39, 0.29) is 27.4 Å². The lowest BCUT2D eigenvalue weighted by molar-refractivity contribution is 0.103. The van der Waals surface area contributed by atoms with Gasteiger partial charge in [-0.3, -0.25) is 4.79 Å². The van der Waals surface area contributed by atoms with Crippen LogP contribution < -0.4 is 14.2 Å². The maximum atomic E-state index is 13.6. The molecule has 0 aliphatic carbocycles. The number of benzene rings is 2. The molecule has 2 aromatic carbocycles. The first-order chi connectivity index (χ1) is 15.4. The molecule has 0 bridgehead atoms. The zero-order valence-electron chi connectivity index (χ0n) is 17.6. The summed E-state index contributed by atoms with van der Waals surface area (Å²) in [5.74, 6) is 0.538. The maximum Gasteiger partial charge on any atom is 0.268 e. The molecule has 0 N–H and O–H groups in total. The van der Waals surface area contributed by atoms with Crippen LogP contribution >= 0.6 is 0 Å². The lowest BCUT2D eigenvalue weighted by Gasteiger charge is -2.13.